The molecule has 6 aromatic rings. The Balaban J connectivity index is 0.000000208. The van der Waals surface area contributed by atoms with Crippen molar-refractivity contribution in [3.63, 3.8) is 0 Å². The summed E-state index contributed by atoms with van der Waals surface area (Å²) in [6.45, 7) is 0. The van der Waals surface area contributed by atoms with Crippen LogP contribution in [-0.4, -0.2) is 0 Å². The zero-order valence-corrected chi connectivity index (χ0v) is 27.5. The number of hydrogen-bond donors (Lipinski definition) is 0. The van der Waals surface area contributed by atoms with Gasteiger partial charge in [0.1, 0.15) is 31.8 Å². The van der Waals surface area contributed by atoms with Gasteiger partial charge >= 0.3 is 27.0 Å². The fourth-order valence-corrected chi connectivity index (χ4v) is 9.78. The van der Waals surface area contributed by atoms with Gasteiger partial charge in [-0.15, -0.1) is 0 Å². The monoisotopic (exact) mass is 678 g/mol. The van der Waals surface area contributed by atoms with Crippen molar-refractivity contribution in [2.24, 2.45) is 0 Å². The second kappa shape index (κ2) is 18.5. The quantitative estimate of drug-likeness (QED) is 0.0974. The zero-order valence-electron chi connectivity index (χ0n) is 23.1. The van der Waals surface area contributed by atoms with Gasteiger partial charge in [0.25, 0.3) is 0 Å². The summed E-state index contributed by atoms with van der Waals surface area (Å²) in [5.41, 5.74) is 0. The third-order valence-electron chi connectivity index (χ3n) is 6.37. The van der Waals surface area contributed by atoms with E-state index in [-0.39, 0.29) is 7.43 Å². The van der Waals surface area contributed by atoms with Gasteiger partial charge in [-0.3, -0.25) is 0 Å². The van der Waals surface area contributed by atoms with Gasteiger partial charge in [0.15, 0.2) is 0 Å². The van der Waals surface area contributed by atoms with Crippen molar-refractivity contribution in [2.45, 2.75) is 0 Å². The smallest absolute Gasteiger partial charge is 0.0620 e. The third-order valence-corrected chi connectivity index (χ3v) is 11.8. The molecule has 0 amide bonds. The first-order valence-corrected chi connectivity index (χ1v) is 18.3. The first kappa shape index (κ1) is 32.6. The predicted molar refractivity (Wildman–Crippen MR) is 185 cm³/mol. The Hall–Kier alpha value is -2.91. The van der Waals surface area contributed by atoms with E-state index in [0.29, 0.717) is 0 Å². The van der Waals surface area contributed by atoms with Crippen LogP contribution >= 0.6 is 25.5 Å². The minimum Gasteiger partial charge on any atom is -0.0620 e. The van der Waals surface area contributed by atoms with Crippen LogP contribution in [0.15, 0.2) is 182 Å². The summed E-state index contributed by atoms with van der Waals surface area (Å²) >= 11 is 1.82. The maximum Gasteiger partial charge on any atom is 0.102 e. The fraction of sp³-hybridized carbons (Fsp3) is 0. The molecule has 0 aromatic heterocycles. The van der Waals surface area contributed by atoms with Crippen LogP contribution in [0.25, 0.3) is 0 Å². The molecule has 206 valence electrons. The molecule has 6 aromatic carbocycles. The van der Waals surface area contributed by atoms with Crippen LogP contribution in [0.5, 0.6) is 0 Å². The Morgan fingerprint density at radius 3 is 0.512 bits per heavy atom. The van der Waals surface area contributed by atoms with Gasteiger partial charge in [-0.1, -0.05) is 109 Å². The maximum absolute atomic E-state index is 4.57. The number of rotatable bonds is 6. The van der Waals surface area contributed by atoms with E-state index >= 15 is 0 Å². The van der Waals surface area contributed by atoms with E-state index in [1.54, 1.807) is 0 Å². The molecule has 0 fully saturated rings. The molecule has 4 heteroatoms. The van der Waals surface area contributed by atoms with Gasteiger partial charge in [-0.05, 0) is 72.8 Å². The molecule has 0 atom stereocenters. The normalized spacial score (nSPS) is 9.95. The van der Waals surface area contributed by atoms with Crippen molar-refractivity contribution in [2.75, 3.05) is 0 Å². The van der Waals surface area contributed by atoms with Gasteiger partial charge in [0, 0.05) is 0 Å². The van der Waals surface area contributed by atoms with Crippen molar-refractivity contribution in [3.8, 4) is 0 Å². The van der Waals surface area contributed by atoms with Gasteiger partial charge in [0.2, 0.25) is 0 Å². The second-order valence-corrected chi connectivity index (χ2v) is 13.9. The average Bonchev–Trinajstić information content (AvgIpc) is 3.06. The Kier molecular flexibility index (Phi) is 14.7. The van der Waals surface area contributed by atoms with E-state index in [1.165, 1.54) is 31.8 Å². The Bertz CT molecular complexity index is 1180. The molecule has 0 aliphatic rings. The molecule has 41 heavy (non-hydrogen) atoms. The van der Waals surface area contributed by atoms with Crippen molar-refractivity contribution < 1.29 is 17.3 Å². The predicted octanol–water partition coefficient (Wildman–Crippen LogP) is 7.49. The van der Waals surface area contributed by atoms with E-state index in [2.05, 4.69) is 192 Å². The molecule has 0 aliphatic carbocycles. The summed E-state index contributed by atoms with van der Waals surface area (Å²) < 4.78 is 0. The second-order valence-electron chi connectivity index (χ2n) is 8.95. The molecule has 0 aliphatic heterocycles. The van der Waals surface area contributed by atoms with Crippen molar-refractivity contribution in [3.05, 3.63) is 189 Å². The summed E-state index contributed by atoms with van der Waals surface area (Å²) in [6, 6.07) is 65.0. The largest absolute Gasteiger partial charge is 0.102 e. The Labute approximate surface area is 262 Å². The topological polar surface area (TPSA) is 0 Å². The molecule has 0 saturated carbocycles. The van der Waals surface area contributed by atoms with Gasteiger partial charge in [-0.25, -0.2) is 0 Å². The molecular weight excluding hydrogens is 643 g/mol. The average molecular weight is 678 g/mol. The van der Waals surface area contributed by atoms with Crippen LogP contribution < -0.4 is 31.8 Å². The number of hydrogen-bond acceptors (Lipinski definition) is 0. The summed E-state index contributed by atoms with van der Waals surface area (Å²) in [5, 5.41) is 8.61. The van der Waals surface area contributed by atoms with E-state index in [9.17, 15) is 0 Å². The molecule has 0 saturated heterocycles. The number of halogens is 1. The first-order valence-electron chi connectivity index (χ1n) is 13.1. The molecule has 6 rings (SSSR count). The van der Waals surface area contributed by atoms with Crippen LogP contribution in [0, 0.1) is 7.43 Å². The van der Waals surface area contributed by atoms with E-state index in [1.807, 2.05) is 17.3 Å². The fourth-order valence-electron chi connectivity index (χ4n) is 4.63. The summed E-state index contributed by atoms with van der Waals surface area (Å²) in [4.78, 5) is 0. The molecule has 0 radical (unpaired) electrons. The molecular formula is C37H35ClP2Ru+2. The zero-order chi connectivity index (χ0) is 27.8. The van der Waals surface area contributed by atoms with Gasteiger partial charge in [-0.2, -0.15) is 0 Å². The van der Waals surface area contributed by atoms with E-state index in [4.69, 9.17) is 0 Å². The standard InChI is InChI=1S/2C18H15P.CH3.ClH.Ru/c2*1-4-10-16(11-5-1)19(17-12-6-2-7-13-17)18-14-8-3-9-15-18;;;/h2*1-15H;1H3;1H;/q;;-1;;+2/p+1. The van der Waals surface area contributed by atoms with Gasteiger partial charge < -0.3 is 7.43 Å². The molecule has 0 nitrogen and oxygen atoms in total. The summed E-state index contributed by atoms with van der Waals surface area (Å²) in [6.07, 6.45) is 0. The molecule has 0 unspecified atom stereocenters. The molecule has 0 bridgehead atoms. The van der Waals surface area contributed by atoms with Gasteiger partial charge in [0.05, 0.1) is 15.8 Å². The van der Waals surface area contributed by atoms with E-state index in [0.717, 1.165) is 0 Å². The molecule has 0 heterocycles. The van der Waals surface area contributed by atoms with Crippen LogP contribution in [0.2, 0.25) is 0 Å². The number of benzene rings is 6. The van der Waals surface area contributed by atoms with Crippen LogP contribution in [-0.2, 0) is 17.3 Å². The van der Waals surface area contributed by atoms with Crippen LogP contribution in [0.4, 0.5) is 0 Å². The minimum absolute atomic E-state index is 0. The summed E-state index contributed by atoms with van der Waals surface area (Å²) in [7, 11) is 2.81. The van der Waals surface area contributed by atoms with Crippen LogP contribution in [0.1, 0.15) is 0 Å². The molecule has 0 spiro atoms. The van der Waals surface area contributed by atoms with E-state index < -0.39 is 15.8 Å². The maximum atomic E-state index is 4.57. The SMILES string of the molecule is [CH3-].[Cl][Ru+].c1ccc([PH+](c2ccccc2)c2ccccc2)cc1.c1ccc([PH+](c2ccccc2)c2ccccc2)cc1. The third kappa shape index (κ3) is 9.57. The Morgan fingerprint density at radius 1 is 0.268 bits per heavy atom. The van der Waals surface area contributed by atoms with Crippen LogP contribution in [0.3, 0.4) is 0 Å². The van der Waals surface area contributed by atoms with Crippen molar-refractivity contribution in [1.29, 1.82) is 0 Å². The minimum atomic E-state index is -0.877. The van der Waals surface area contributed by atoms with Crippen molar-refractivity contribution >= 4 is 57.4 Å². The Morgan fingerprint density at radius 2 is 0.390 bits per heavy atom. The first-order chi connectivity index (χ1) is 19.9. The molecule has 0 N–H and O–H groups in total. The van der Waals surface area contributed by atoms with Crippen molar-refractivity contribution in [1.82, 2.24) is 0 Å². The summed E-state index contributed by atoms with van der Waals surface area (Å²) in [5.74, 6) is 0.